The van der Waals surface area contributed by atoms with Crippen molar-refractivity contribution in [2.75, 3.05) is 11.1 Å². The van der Waals surface area contributed by atoms with Gasteiger partial charge in [0.1, 0.15) is 5.82 Å². The zero-order valence-corrected chi connectivity index (χ0v) is 9.67. The summed E-state index contributed by atoms with van der Waals surface area (Å²) in [5, 5.41) is 5.35. The molecule has 3 aromatic rings. The smallest absolute Gasteiger partial charge is 0.139 e. The number of nitrogens with two attached hydrogens (primary N) is 1. The molecule has 0 aliphatic heterocycles. The van der Waals surface area contributed by atoms with Crippen LogP contribution < -0.4 is 11.1 Å². The van der Waals surface area contributed by atoms with E-state index in [0.29, 0.717) is 0 Å². The van der Waals surface area contributed by atoms with Gasteiger partial charge in [0.05, 0.1) is 0 Å². The van der Waals surface area contributed by atoms with E-state index < -0.39 is 0 Å². The molecule has 2 heterocycles. The summed E-state index contributed by atoms with van der Waals surface area (Å²) < 4.78 is 0. The molecule has 0 spiro atoms. The van der Waals surface area contributed by atoms with Crippen LogP contribution in [-0.4, -0.2) is 9.97 Å². The molecule has 0 atom stereocenters. The molecule has 0 saturated carbocycles. The zero-order chi connectivity index (χ0) is 12.4. The van der Waals surface area contributed by atoms with E-state index in [4.69, 9.17) is 5.73 Å². The SMILES string of the molecule is Nc1cccc(Nc2nccc3ccncc23)c1. The van der Waals surface area contributed by atoms with Crippen molar-refractivity contribution in [2.24, 2.45) is 0 Å². The van der Waals surface area contributed by atoms with Crippen LogP contribution >= 0.6 is 0 Å². The first kappa shape index (κ1) is 10.5. The van der Waals surface area contributed by atoms with Crippen LogP contribution in [-0.2, 0) is 0 Å². The third kappa shape index (κ3) is 1.96. The Morgan fingerprint density at radius 1 is 1.06 bits per heavy atom. The monoisotopic (exact) mass is 236 g/mol. The number of rotatable bonds is 2. The van der Waals surface area contributed by atoms with Gasteiger partial charge in [-0.25, -0.2) is 4.98 Å². The average molecular weight is 236 g/mol. The highest BCUT2D eigenvalue weighted by Gasteiger charge is 2.02. The van der Waals surface area contributed by atoms with Crippen LogP contribution in [0.25, 0.3) is 10.8 Å². The van der Waals surface area contributed by atoms with Crippen molar-refractivity contribution in [1.29, 1.82) is 0 Å². The van der Waals surface area contributed by atoms with Crippen molar-refractivity contribution in [2.45, 2.75) is 0 Å². The van der Waals surface area contributed by atoms with Crippen molar-refractivity contribution in [3.8, 4) is 0 Å². The topological polar surface area (TPSA) is 63.8 Å². The molecule has 1 aromatic carbocycles. The second-order valence-corrected chi connectivity index (χ2v) is 4.01. The summed E-state index contributed by atoms with van der Waals surface area (Å²) in [6.07, 6.45) is 5.35. The fraction of sp³-hybridized carbons (Fsp3) is 0. The van der Waals surface area contributed by atoms with Crippen molar-refractivity contribution in [3.63, 3.8) is 0 Å². The summed E-state index contributed by atoms with van der Waals surface area (Å²) in [5.74, 6) is 0.784. The molecular formula is C14H12N4. The first-order valence-corrected chi connectivity index (χ1v) is 5.64. The molecule has 4 nitrogen and oxygen atoms in total. The van der Waals surface area contributed by atoms with Gasteiger partial charge < -0.3 is 11.1 Å². The summed E-state index contributed by atoms with van der Waals surface area (Å²) >= 11 is 0. The maximum Gasteiger partial charge on any atom is 0.139 e. The molecule has 0 amide bonds. The number of pyridine rings is 2. The molecule has 0 radical (unpaired) electrons. The Hall–Kier alpha value is -2.62. The van der Waals surface area contributed by atoms with E-state index in [9.17, 15) is 0 Å². The molecule has 3 rings (SSSR count). The lowest BCUT2D eigenvalue weighted by atomic mass is 10.2. The standard InChI is InChI=1S/C14H12N4/c15-11-2-1-3-12(8-11)18-14-13-9-16-6-4-10(13)5-7-17-14/h1-9H,15H2,(H,17,18). The van der Waals surface area contributed by atoms with E-state index >= 15 is 0 Å². The minimum Gasteiger partial charge on any atom is -0.399 e. The molecule has 0 unspecified atom stereocenters. The van der Waals surface area contributed by atoms with Gasteiger partial charge in [-0.05, 0) is 35.7 Å². The zero-order valence-electron chi connectivity index (χ0n) is 9.67. The summed E-state index contributed by atoms with van der Waals surface area (Å²) in [6, 6.07) is 11.5. The van der Waals surface area contributed by atoms with E-state index in [-0.39, 0.29) is 0 Å². The lowest BCUT2D eigenvalue weighted by Crippen LogP contribution is -1.95. The Bertz CT molecular complexity index is 689. The number of nitrogens with one attached hydrogen (secondary N) is 1. The first-order valence-electron chi connectivity index (χ1n) is 5.64. The van der Waals surface area contributed by atoms with Gasteiger partial charge in [0.25, 0.3) is 0 Å². The van der Waals surface area contributed by atoms with Gasteiger partial charge in [-0.1, -0.05) is 6.07 Å². The van der Waals surface area contributed by atoms with Gasteiger partial charge in [-0.15, -0.1) is 0 Å². The van der Waals surface area contributed by atoms with E-state index in [1.165, 1.54) is 0 Å². The van der Waals surface area contributed by atoms with Crippen molar-refractivity contribution in [3.05, 3.63) is 55.0 Å². The van der Waals surface area contributed by atoms with Crippen LogP contribution in [0.3, 0.4) is 0 Å². The Kier molecular flexibility index (Phi) is 2.53. The number of nitrogens with zero attached hydrogens (tertiary/aromatic N) is 2. The Morgan fingerprint density at radius 2 is 1.94 bits per heavy atom. The van der Waals surface area contributed by atoms with E-state index in [2.05, 4.69) is 15.3 Å². The second kappa shape index (κ2) is 4.33. The largest absolute Gasteiger partial charge is 0.399 e. The van der Waals surface area contributed by atoms with Gasteiger partial charge in [0, 0.05) is 35.4 Å². The lowest BCUT2D eigenvalue weighted by molar-refractivity contribution is 1.31. The summed E-state index contributed by atoms with van der Waals surface area (Å²) in [7, 11) is 0. The molecule has 0 aliphatic rings. The summed E-state index contributed by atoms with van der Waals surface area (Å²) in [5.41, 5.74) is 7.39. The minimum absolute atomic E-state index is 0.721. The lowest BCUT2D eigenvalue weighted by Gasteiger charge is -2.08. The average Bonchev–Trinajstić information content (AvgIpc) is 2.39. The van der Waals surface area contributed by atoms with E-state index in [1.54, 1.807) is 18.6 Å². The normalized spacial score (nSPS) is 10.4. The summed E-state index contributed by atoms with van der Waals surface area (Å²) in [6.45, 7) is 0. The number of fused-ring (bicyclic) bond motifs is 1. The van der Waals surface area contributed by atoms with Crippen molar-refractivity contribution < 1.29 is 0 Å². The first-order chi connectivity index (χ1) is 8.83. The highest BCUT2D eigenvalue weighted by molar-refractivity contribution is 5.92. The molecule has 18 heavy (non-hydrogen) atoms. The predicted molar refractivity (Wildman–Crippen MR) is 73.7 cm³/mol. The minimum atomic E-state index is 0.721. The van der Waals surface area contributed by atoms with Gasteiger partial charge in [0.15, 0.2) is 0 Å². The maximum atomic E-state index is 5.75. The molecule has 3 N–H and O–H groups in total. The van der Waals surface area contributed by atoms with Gasteiger partial charge >= 0.3 is 0 Å². The van der Waals surface area contributed by atoms with Crippen LogP contribution in [0.1, 0.15) is 0 Å². The Labute approximate surface area is 104 Å². The molecular weight excluding hydrogens is 224 g/mol. The number of benzene rings is 1. The van der Waals surface area contributed by atoms with Crippen LogP contribution in [0.4, 0.5) is 17.2 Å². The van der Waals surface area contributed by atoms with Crippen molar-refractivity contribution >= 4 is 28.0 Å². The number of nitrogen functional groups attached to an aromatic ring is 1. The maximum absolute atomic E-state index is 5.75. The van der Waals surface area contributed by atoms with Gasteiger partial charge in [-0.2, -0.15) is 0 Å². The Morgan fingerprint density at radius 3 is 2.83 bits per heavy atom. The van der Waals surface area contributed by atoms with Gasteiger partial charge in [0.2, 0.25) is 0 Å². The highest BCUT2D eigenvalue weighted by Crippen LogP contribution is 2.23. The van der Waals surface area contributed by atoms with Gasteiger partial charge in [-0.3, -0.25) is 4.98 Å². The fourth-order valence-corrected chi connectivity index (χ4v) is 1.86. The van der Waals surface area contributed by atoms with Crippen LogP contribution in [0.5, 0.6) is 0 Å². The number of hydrogen-bond acceptors (Lipinski definition) is 4. The molecule has 0 saturated heterocycles. The quantitative estimate of drug-likeness (QED) is 0.671. The number of aromatic nitrogens is 2. The van der Waals surface area contributed by atoms with E-state index in [1.807, 2.05) is 36.4 Å². The number of hydrogen-bond donors (Lipinski definition) is 2. The number of anilines is 3. The van der Waals surface area contributed by atoms with E-state index in [0.717, 1.165) is 28.0 Å². The second-order valence-electron chi connectivity index (χ2n) is 4.01. The molecule has 88 valence electrons. The fourth-order valence-electron chi connectivity index (χ4n) is 1.86. The molecule has 2 aromatic heterocycles. The van der Waals surface area contributed by atoms with Crippen LogP contribution in [0, 0.1) is 0 Å². The van der Waals surface area contributed by atoms with Crippen LogP contribution in [0.15, 0.2) is 55.0 Å². The summed E-state index contributed by atoms with van der Waals surface area (Å²) in [4.78, 5) is 8.47. The van der Waals surface area contributed by atoms with Crippen LogP contribution in [0.2, 0.25) is 0 Å². The highest BCUT2D eigenvalue weighted by atomic mass is 15.0. The Balaban J connectivity index is 2.05. The van der Waals surface area contributed by atoms with Crippen molar-refractivity contribution in [1.82, 2.24) is 9.97 Å². The predicted octanol–water partition coefficient (Wildman–Crippen LogP) is 2.96. The molecule has 0 aliphatic carbocycles. The molecule has 0 bridgehead atoms. The molecule has 0 fully saturated rings. The molecule has 4 heteroatoms. The third-order valence-corrected chi connectivity index (χ3v) is 2.72. The third-order valence-electron chi connectivity index (χ3n) is 2.72.